The lowest BCUT2D eigenvalue weighted by molar-refractivity contribution is -0.143. The van der Waals surface area contributed by atoms with Gasteiger partial charge in [0.25, 0.3) is 0 Å². The van der Waals surface area contributed by atoms with Crippen LogP contribution >= 0.6 is 0 Å². The molecular formula is C13H19N3O3. The average molecular weight is 265 g/mol. The lowest BCUT2D eigenvalue weighted by Crippen LogP contribution is -2.29. The van der Waals surface area contributed by atoms with Gasteiger partial charge in [0.15, 0.2) is 5.82 Å². The van der Waals surface area contributed by atoms with Crippen molar-refractivity contribution >= 4 is 17.7 Å². The summed E-state index contributed by atoms with van der Waals surface area (Å²) in [5, 5.41) is 15.9. The molecule has 6 nitrogen and oxygen atoms in total. The lowest BCUT2D eigenvalue weighted by atomic mass is 9.81. The zero-order valence-electron chi connectivity index (χ0n) is 11.2. The zero-order chi connectivity index (χ0) is 14.0. The Morgan fingerprint density at radius 3 is 2.37 bits per heavy atom. The fourth-order valence-electron chi connectivity index (χ4n) is 2.45. The monoisotopic (exact) mass is 265 g/mol. The van der Waals surface area contributed by atoms with Crippen LogP contribution in [0.1, 0.15) is 31.4 Å². The van der Waals surface area contributed by atoms with Crippen molar-refractivity contribution in [2.45, 2.75) is 32.6 Å². The van der Waals surface area contributed by atoms with Crippen LogP contribution in [0.2, 0.25) is 0 Å². The SMILES string of the molecule is Cc1cc(NC(=O)C2CCC(C(=O)O)CC2)nn1C. The second kappa shape index (κ2) is 5.42. The summed E-state index contributed by atoms with van der Waals surface area (Å²) in [7, 11) is 1.82. The number of carbonyl (C=O) groups is 2. The van der Waals surface area contributed by atoms with Crippen LogP contribution in [0, 0.1) is 18.8 Å². The van der Waals surface area contributed by atoms with Gasteiger partial charge in [-0.3, -0.25) is 14.3 Å². The molecule has 1 amide bonds. The minimum atomic E-state index is -0.751. The molecular weight excluding hydrogens is 246 g/mol. The summed E-state index contributed by atoms with van der Waals surface area (Å²) in [5.41, 5.74) is 0.977. The second-order valence-electron chi connectivity index (χ2n) is 5.17. The minimum Gasteiger partial charge on any atom is -0.481 e. The molecule has 1 aliphatic carbocycles. The molecule has 0 aliphatic heterocycles. The third-order valence-corrected chi connectivity index (χ3v) is 3.81. The van der Waals surface area contributed by atoms with Crippen molar-refractivity contribution in [1.82, 2.24) is 9.78 Å². The van der Waals surface area contributed by atoms with E-state index in [0.29, 0.717) is 31.5 Å². The van der Waals surface area contributed by atoms with Crippen LogP contribution in [0.25, 0.3) is 0 Å². The van der Waals surface area contributed by atoms with Crippen LogP contribution in [-0.4, -0.2) is 26.8 Å². The molecule has 1 aliphatic rings. The first-order valence-electron chi connectivity index (χ1n) is 6.51. The molecule has 0 radical (unpaired) electrons. The quantitative estimate of drug-likeness (QED) is 0.868. The van der Waals surface area contributed by atoms with Crippen molar-refractivity contribution in [2.24, 2.45) is 18.9 Å². The molecule has 1 aromatic heterocycles. The molecule has 1 fully saturated rings. The number of hydrogen-bond acceptors (Lipinski definition) is 3. The molecule has 1 saturated carbocycles. The molecule has 1 heterocycles. The molecule has 0 saturated heterocycles. The van der Waals surface area contributed by atoms with Gasteiger partial charge in [-0.05, 0) is 32.6 Å². The maximum absolute atomic E-state index is 12.1. The van der Waals surface area contributed by atoms with Gasteiger partial charge in [0.1, 0.15) is 0 Å². The molecule has 0 unspecified atom stereocenters. The Balaban J connectivity index is 1.89. The summed E-state index contributed by atoms with van der Waals surface area (Å²) in [6, 6.07) is 1.82. The van der Waals surface area contributed by atoms with Crippen LogP contribution < -0.4 is 5.32 Å². The van der Waals surface area contributed by atoms with Crippen LogP contribution in [0.5, 0.6) is 0 Å². The van der Waals surface area contributed by atoms with E-state index in [0.717, 1.165) is 5.69 Å². The van der Waals surface area contributed by atoms with E-state index in [4.69, 9.17) is 5.11 Å². The highest BCUT2D eigenvalue weighted by molar-refractivity contribution is 5.91. The number of anilines is 1. The zero-order valence-corrected chi connectivity index (χ0v) is 11.2. The summed E-state index contributed by atoms with van der Waals surface area (Å²) in [6.45, 7) is 1.92. The van der Waals surface area contributed by atoms with Gasteiger partial charge < -0.3 is 10.4 Å². The Kier molecular flexibility index (Phi) is 3.87. The number of carbonyl (C=O) groups excluding carboxylic acids is 1. The number of amides is 1. The van der Waals surface area contributed by atoms with E-state index in [9.17, 15) is 9.59 Å². The van der Waals surface area contributed by atoms with Crippen LogP contribution in [0.4, 0.5) is 5.82 Å². The van der Waals surface area contributed by atoms with E-state index in [1.54, 1.807) is 4.68 Å². The lowest BCUT2D eigenvalue weighted by Gasteiger charge is -2.24. The van der Waals surface area contributed by atoms with Gasteiger partial charge in [-0.1, -0.05) is 0 Å². The Hall–Kier alpha value is -1.85. The minimum absolute atomic E-state index is 0.0538. The number of aliphatic carboxylic acids is 1. The summed E-state index contributed by atoms with van der Waals surface area (Å²) < 4.78 is 1.71. The Morgan fingerprint density at radius 1 is 1.32 bits per heavy atom. The molecule has 19 heavy (non-hydrogen) atoms. The smallest absolute Gasteiger partial charge is 0.306 e. The van der Waals surface area contributed by atoms with E-state index in [1.165, 1.54) is 0 Å². The molecule has 1 aromatic rings. The fourth-order valence-corrected chi connectivity index (χ4v) is 2.45. The first-order valence-corrected chi connectivity index (χ1v) is 6.51. The number of carboxylic acids is 1. The van der Waals surface area contributed by atoms with Gasteiger partial charge in [-0.15, -0.1) is 0 Å². The summed E-state index contributed by atoms with van der Waals surface area (Å²) >= 11 is 0. The third-order valence-electron chi connectivity index (χ3n) is 3.81. The largest absolute Gasteiger partial charge is 0.481 e. The first-order chi connectivity index (χ1) is 8.97. The van der Waals surface area contributed by atoms with E-state index in [2.05, 4.69) is 10.4 Å². The summed E-state index contributed by atoms with van der Waals surface area (Å²) in [6.07, 6.45) is 2.42. The molecule has 0 atom stereocenters. The Bertz CT molecular complexity index is 468. The van der Waals surface area contributed by atoms with Gasteiger partial charge >= 0.3 is 5.97 Å². The van der Waals surface area contributed by atoms with E-state index in [-0.39, 0.29) is 17.7 Å². The number of aromatic nitrogens is 2. The first kappa shape index (κ1) is 13.6. The van der Waals surface area contributed by atoms with Crippen LogP contribution in [0.3, 0.4) is 0 Å². The molecule has 2 N–H and O–H groups in total. The van der Waals surface area contributed by atoms with Crippen molar-refractivity contribution < 1.29 is 14.7 Å². The Morgan fingerprint density at radius 2 is 1.89 bits per heavy atom. The summed E-state index contributed by atoms with van der Waals surface area (Å²) in [4.78, 5) is 22.9. The summed E-state index contributed by atoms with van der Waals surface area (Å²) in [5.74, 6) is -0.634. The maximum atomic E-state index is 12.1. The van der Waals surface area contributed by atoms with Crippen molar-refractivity contribution in [3.05, 3.63) is 11.8 Å². The molecule has 0 aromatic carbocycles. The predicted molar refractivity (Wildman–Crippen MR) is 69.7 cm³/mol. The van der Waals surface area contributed by atoms with Gasteiger partial charge in [0.05, 0.1) is 5.92 Å². The number of nitrogens with zero attached hydrogens (tertiary/aromatic N) is 2. The molecule has 0 spiro atoms. The highest BCUT2D eigenvalue weighted by Gasteiger charge is 2.29. The number of aryl methyl sites for hydroxylation is 2. The second-order valence-corrected chi connectivity index (χ2v) is 5.17. The van der Waals surface area contributed by atoms with Crippen molar-refractivity contribution in [3.8, 4) is 0 Å². The molecule has 2 rings (SSSR count). The molecule has 104 valence electrons. The number of nitrogens with one attached hydrogen (secondary N) is 1. The van der Waals surface area contributed by atoms with Crippen LogP contribution in [-0.2, 0) is 16.6 Å². The van der Waals surface area contributed by atoms with Gasteiger partial charge in [-0.25, -0.2) is 0 Å². The Labute approximate surface area is 111 Å². The fraction of sp³-hybridized carbons (Fsp3) is 0.615. The standard InChI is InChI=1S/C13H19N3O3/c1-8-7-11(15-16(8)2)14-12(17)9-3-5-10(6-4-9)13(18)19/h7,9-10H,3-6H2,1-2H3,(H,18,19)(H,14,15,17). The molecule has 0 bridgehead atoms. The van der Waals surface area contributed by atoms with Gasteiger partial charge in [-0.2, -0.15) is 5.10 Å². The number of hydrogen-bond donors (Lipinski definition) is 2. The third kappa shape index (κ3) is 3.13. The van der Waals surface area contributed by atoms with E-state index >= 15 is 0 Å². The normalized spacial score (nSPS) is 23.1. The highest BCUT2D eigenvalue weighted by Crippen LogP contribution is 2.29. The van der Waals surface area contributed by atoms with Gasteiger partial charge in [0.2, 0.25) is 5.91 Å². The van der Waals surface area contributed by atoms with Gasteiger partial charge in [0, 0.05) is 24.7 Å². The average Bonchev–Trinajstić information content (AvgIpc) is 2.68. The number of carboxylic acid groups (broad SMARTS) is 1. The van der Waals surface area contributed by atoms with Crippen molar-refractivity contribution in [1.29, 1.82) is 0 Å². The van der Waals surface area contributed by atoms with Crippen molar-refractivity contribution in [2.75, 3.05) is 5.32 Å². The molecule has 6 heteroatoms. The van der Waals surface area contributed by atoms with Crippen LogP contribution in [0.15, 0.2) is 6.07 Å². The maximum Gasteiger partial charge on any atom is 0.306 e. The topological polar surface area (TPSA) is 84.2 Å². The van der Waals surface area contributed by atoms with E-state index < -0.39 is 5.97 Å². The predicted octanol–water partition coefficient (Wildman–Crippen LogP) is 1.56. The number of rotatable bonds is 3. The highest BCUT2D eigenvalue weighted by atomic mass is 16.4. The van der Waals surface area contributed by atoms with E-state index in [1.807, 2.05) is 20.0 Å². The van der Waals surface area contributed by atoms with Crippen molar-refractivity contribution in [3.63, 3.8) is 0 Å².